The third-order valence-corrected chi connectivity index (χ3v) is 9.89. The number of sulfonamides is 1. The number of nitrogens with zero attached hydrogens (tertiary/aromatic N) is 3. The van der Waals surface area contributed by atoms with E-state index in [9.17, 15) is 26.4 Å². The normalized spacial score (nSPS) is 20.8. The molecule has 0 aromatic heterocycles. The first-order valence-corrected chi connectivity index (χ1v) is 14.2. The number of hydrogen-bond acceptors (Lipinski definition) is 7. The molecule has 0 bridgehead atoms. The average Bonchev–Trinajstić information content (AvgIpc) is 3.11. The Kier molecular flexibility index (Phi) is 7.30. The number of sulfone groups is 1. The van der Waals surface area contributed by atoms with Crippen LogP contribution < -0.4 is 5.32 Å². The number of rotatable bonds is 7. The van der Waals surface area contributed by atoms with Crippen LogP contribution in [0.4, 0.5) is 5.69 Å². The highest BCUT2D eigenvalue weighted by Gasteiger charge is 2.37. The van der Waals surface area contributed by atoms with Gasteiger partial charge in [-0.05, 0) is 43.5 Å². The second-order valence-electron chi connectivity index (χ2n) is 8.30. The summed E-state index contributed by atoms with van der Waals surface area (Å²) in [6, 6.07) is 2.44. The van der Waals surface area contributed by atoms with Crippen molar-refractivity contribution in [3.63, 3.8) is 0 Å². The fourth-order valence-corrected chi connectivity index (χ4v) is 7.26. The smallest absolute Gasteiger partial charge is 0.271 e. The van der Waals surface area contributed by atoms with Gasteiger partial charge in [-0.2, -0.15) is 9.41 Å². The highest BCUT2D eigenvalue weighted by Crippen LogP contribution is 2.27. The molecule has 2 heterocycles. The summed E-state index contributed by atoms with van der Waals surface area (Å²) in [5.41, 5.74) is 1.87. The summed E-state index contributed by atoms with van der Waals surface area (Å²) < 4.78 is 50.9. The highest BCUT2D eigenvalue weighted by molar-refractivity contribution is 7.91. The Bertz CT molecular complexity index is 1200. The minimum Gasteiger partial charge on any atom is -0.321 e. The van der Waals surface area contributed by atoms with E-state index in [4.69, 9.17) is 0 Å². The maximum atomic E-state index is 13.0. The zero-order valence-corrected chi connectivity index (χ0v) is 20.9. The molecule has 12 heteroatoms. The van der Waals surface area contributed by atoms with Crippen molar-refractivity contribution < 1.29 is 26.4 Å². The van der Waals surface area contributed by atoms with E-state index in [1.807, 2.05) is 0 Å². The average molecular weight is 499 g/mol. The lowest BCUT2D eigenvalue weighted by Crippen LogP contribution is -2.42. The number of benzene rings is 1. The van der Waals surface area contributed by atoms with Crippen molar-refractivity contribution in [2.75, 3.05) is 29.9 Å². The number of carbonyl (C=O) groups is 2. The van der Waals surface area contributed by atoms with Gasteiger partial charge in [-0.25, -0.2) is 21.8 Å². The van der Waals surface area contributed by atoms with Crippen LogP contribution in [0.25, 0.3) is 0 Å². The zero-order valence-electron chi connectivity index (χ0n) is 19.3. The van der Waals surface area contributed by atoms with Gasteiger partial charge in [0.1, 0.15) is 5.71 Å². The van der Waals surface area contributed by atoms with Crippen molar-refractivity contribution in [3.8, 4) is 0 Å². The summed E-state index contributed by atoms with van der Waals surface area (Å²) in [6.07, 6.45) is 0.462. The maximum Gasteiger partial charge on any atom is 0.271 e. The van der Waals surface area contributed by atoms with E-state index >= 15 is 0 Å². The molecule has 0 aliphatic carbocycles. The van der Waals surface area contributed by atoms with Gasteiger partial charge in [0.2, 0.25) is 15.9 Å². The second-order valence-corrected chi connectivity index (χ2v) is 12.5. The van der Waals surface area contributed by atoms with Gasteiger partial charge >= 0.3 is 0 Å². The largest absolute Gasteiger partial charge is 0.321 e. The van der Waals surface area contributed by atoms with E-state index in [-0.39, 0.29) is 47.3 Å². The van der Waals surface area contributed by atoms with Crippen LogP contribution in [0.3, 0.4) is 0 Å². The number of amides is 2. The molecule has 0 saturated carbocycles. The fourth-order valence-electron chi connectivity index (χ4n) is 4.00. The number of hydrazone groups is 1. The van der Waals surface area contributed by atoms with Crippen LogP contribution in [0.1, 0.15) is 44.2 Å². The fraction of sp³-hybridized carbons (Fsp3) is 0.571. The predicted molar refractivity (Wildman–Crippen MR) is 125 cm³/mol. The summed E-state index contributed by atoms with van der Waals surface area (Å²) in [4.78, 5) is 25.4. The molecule has 2 aliphatic heterocycles. The van der Waals surface area contributed by atoms with Gasteiger partial charge in [0.15, 0.2) is 9.84 Å². The van der Waals surface area contributed by atoms with Crippen LogP contribution in [-0.4, -0.2) is 74.3 Å². The topological polar surface area (TPSA) is 133 Å². The number of nitrogens with one attached hydrogen (secondary N) is 1. The maximum absolute atomic E-state index is 13.0. The van der Waals surface area contributed by atoms with Crippen molar-refractivity contribution in [1.82, 2.24) is 9.31 Å². The molecule has 1 aromatic carbocycles. The summed E-state index contributed by atoms with van der Waals surface area (Å²) in [5.74, 6) is -1.04. The number of aryl methyl sites for hydroxylation is 1. The number of anilines is 1. The molecule has 1 N–H and O–H groups in total. The van der Waals surface area contributed by atoms with Crippen LogP contribution in [-0.2, 0) is 29.4 Å². The summed E-state index contributed by atoms with van der Waals surface area (Å²) in [6.45, 7) is 7.71. The van der Waals surface area contributed by atoms with Crippen molar-refractivity contribution in [3.05, 3.63) is 23.3 Å². The van der Waals surface area contributed by atoms with Crippen LogP contribution in [0.5, 0.6) is 0 Å². The van der Waals surface area contributed by atoms with E-state index in [2.05, 4.69) is 10.4 Å². The van der Waals surface area contributed by atoms with Gasteiger partial charge in [0.25, 0.3) is 5.91 Å². The van der Waals surface area contributed by atoms with Crippen molar-refractivity contribution in [1.29, 1.82) is 0 Å². The van der Waals surface area contributed by atoms with E-state index < -0.39 is 31.8 Å². The van der Waals surface area contributed by atoms with Gasteiger partial charge in [-0.1, -0.05) is 13.8 Å². The van der Waals surface area contributed by atoms with Crippen molar-refractivity contribution in [2.45, 2.75) is 57.9 Å². The molecule has 182 valence electrons. The van der Waals surface area contributed by atoms with E-state index in [0.717, 1.165) is 5.01 Å². The van der Waals surface area contributed by atoms with E-state index in [1.54, 1.807) is 33.8 Å². The Balaban J connectivity index is 1.89. The molecule has 1 saturated heterocycles. The minimum atomic E-state index is -3.72. The summed E-state index contributed by atoms with van der Waals surface area (Å²) >= 11 is 0. The molecular formula is C21H30N4O6S2. The molecule has 0 radical (unpaired) electrons. The zero-order chi connectivity index (χ0) is 24.6. The van der Waals surface area contributed by atoms with Crippen LogP contribution >= 0.6 is 0 Å². The monoisotopic (exact) mass is 498 g/mol. The van der Waals surface area contributed by atoms with Crippen LogP contribution in [0.15, 0.2) is 22.1 Å². The van der Waals surface area contributed by atoms with Gasteiger partial charge in [-0.15, -0.1) is 0 Å². The molecule has 0 spiro atoms. The molecule has 1 atom stereocenters. The highest BCUT2D eigenvalue weighted by atomic mass is 32.2. The van der Waals surface area contributed by atoms with E-state index in [0.29, 0.717) is 29.9 Å². The summed E-state index contributed by atoms with van der Waals surface area (Å²) in [5, 5.41) is 8.05. The van der Waals surface area contributed by atoms with Crippen molar-refractivity contribution >= 4 is 43.1 Å². The molecule has 10 nitrogen and oxygen atoms in total. The lowest BCUT2D eigenvalue weighted by atomic mass is 10.1. The van der Waals surface area contributed by atoms with E-state index in [1.165, 1.54) is 10.4 Å². The summed E-state index contributed by atoms with van der Waals surface area (Å²) in [7, 11) is -6.94. The third-order valence-electron chi connectivity index (χ3n) is 6.11. The quantitative estimate of drug-likeness (QED) is 0.605. The first-order chi connectivity index (χ1) is 15.4. The predicted octanol–water partition coefficient (Wildman–Crippen LogP) is 1.44. The molecule has 0 unspecified atom stereocenters. The lowest BCUT2D eigenvalue weighted by Gasteiger charge is -2.27. The molecular weight excluding hydrogens is 468 g/mol. The Morgan fingerprint density at radius 3 is 2.45 bits per heavy atom. The first-order valence-electron chi connectivity index (χ1n) is 10.9. The Hall–Kier alpha value is -2.31. The minimum absolute atomic E-state index is 0.00915. The molecule has 1 aromatic rings. The van der Waals surface area contributed by atoms with Gasteiger partial charge in [-0.3, -0.25) is 9.59 Å². The number of carbonyl (C=O) groups excluding carboxylic acids is 2. The third kappa shape index (κ3) is 5.28. The SMILES string of the molecule is CCN(CC)S(=O)(=O)c1cc(C)c(C)c(NC(=O)C2=NN([C@H]3CCS(=O)(=O)C3)C(=O)CC2)c1. The Labute approximate surface area is 195 Å². The first kappa shape index (κ1) is 25.3. The molecule has 2 amide bonds. The van der Waals surface area contributed by atoms with Crippen molar-refractivity contribution in [2.24, 2.45) is 5.10 Å². The Morgan fingerprint density at radius 2 is 1.88 bits per heavy atom. The number of hydrogen-bond donors (Lipinski definition) is 1. The molecule has 1 fully saturated rings. The lowest BCUT2D eigenvalue weighted by molar-refractivity contribution is -0.133. The van der Waals surface area contributed by atoms with Gasteiger partial charge in [0, 0.05) is 31.6 Å². The van der Waals surface area contributed by atoms with Crippen LogP contribution in [0, 0.1) is 13.8 Å². The second kappa shape index (κ2) is 9.51. The van der Waals surface area contributed by atoms with Gasteiger partial charge in [0.05, 0.1) is 22.4 Å². The molecule has 2 aliphatic rings. The van der Waals surface area contributed by atoms with Crippen LogP contribution in [0.2, 0.25) is 0 Å². The van der Waals surface area contributed by atoms with Gasteiger partial charge < -0.3 is 5.32 Å². The Morgan fingerprint density at radius 1 is 1.21 bits per heavy atom. The molecule has 3 rings (SSSR count). The standard InChI is InChI=1S/C21H30N4O6S2/c1-5-24(6-2)33(30,31)17-11-14(3)15(4)19(12-17)22-21(27)18-7-8-20(26)25(23-18)16-9-10-32(28,29)13-16/h11-12,16H,5-10,13H2,1-4H3,(H,22,27)/t16-/m0/s1. The molecule has 33 heavy (non-hydrogen) atoms.